The van der Waals surface area contributed by atoms with E-state index >= 15 is 0 Å². The second-order valence-electron chi connectivity index (χ2n) is 3.18. The first-order chi connectivity index (χ1) is 7.09. The van der Waals surface area contributed by atoms with Crippen molar-refractivity contribution in [2.45, 2.75) is 0 Å². The molecule has 0 bridgehead atoms. The summed E-state index contributed by atoms with van der Waals surface area (Å²) in [6.45, 7) is 0. The van der Waals surface area contributed by atoms with E-state index < -0.39 is 0 Å². The molecule has 2 N–H and O–H groups in total. The minimum atomic E-state index is 0.337. The summed E-state index contributed by atoms with van der Waals surface area (Å²) in [6, 6.07) is 7.36. The van der Waals surface area contributed by atoms with E-state index in [1.165, 1.54) is 0 Å². The molecule has 2 rings (SSSR count). The van der Waals surface area contributed by atoms with Gasteiger partial charge in [0.1, 0.15) is 5.02 Å². The Labute approximate surface area is 97.4 Å². The Hall–Kier alpha value is -1.19. The summed E-state index contributed by atoms with van der Waals surface area (Å²) in [7, 11) is 1.80. The smallest absolute Gasteiger partial charge is 0.164 e. The second-order valence-corrected chi connectivity index (χ2v) is 3.99. The fourth-order valence-corrected chi connectivity index (χ4v) is 1.84. The topological polar surface area (TPSA) is 43.8 Å². The standard InChI is InChI=1S/C10H9Cl2N3/c1-15-9(8(12)10(13)14-15)6-2-4-7(11)5-3-6/h2-5H,1H3,(H2,13,14). The van der Waals surface area contributed by atoms with Crippen LogP contribution in [0.2, 0.25) is 10.0 Å². The summed E-state index contributed by atoms with van der Waals surface area (Å²) in [6.07, 6.45) is 0. The number of nitrogens with two attached hydrogens (primary N) is 1. The molecule has 0 amide bonds. The Morgan fingerprint density at radius 3 is 2.27 bits per heavy atom. The maximum atomic E-state index is 6.05. The van der Waals surface area contributed by atoms with Crippen molar-refractivity contribution < 1.29 is 0 Å². The van der Waals surface area contributed by atoms with Gasteiger partial charge in [-0.2, -0.15) is 5.10 Å². The zero-order valence-corrected chi connectivity index (χ0v) is 9.55. The van der Waals surface area contributed by atoms with Crippen molar-refractivity contribution in [2.24, 2.45) is 7.05 Å². The first-order valence-electron chi connectivity index (χ1n) is 4.33. The van der Waals surface area contributed by atoms with Crippen molar-refractivity contribution in [3.63, 3.8) is 0 Å². The minimum Gasteiger partial charge on any atom is -0.381 e. The summed E-state index contributed by atoms with van der Waals surface area (Å²) in [5.41, 5.74) is 7.36. The van der Waals surface area contributed by atoms with E-state index in [1.807, 2.05) is 12.1 Å². The Morgan fingerprint density at radius 2 is 1.80 bits per heavy atom. The number of hydrogen-bond donors (Lipinski definition) is 1. The van der Waals surface area contributed by atoms with Crippen LogP contribution in [0.3, 0.4) is 0 Å². The number of halogens is 2. The SMILES string of the molecule is Cn1nc(N)c(Cl)c1-c1ccc(Cl)cc1. The van der Waals surface area contributed by atoms with Crippen LogP contribution in [0.25, 0.3) is 11.3 Å². The van der Waals surface area contributed by atoms with Crippen molar-refractivity contribution in [3.8, 4) is 11.3 Å². The molecule has 0 atom stereocenters. The third kappa shape index (κ3) is 1.80. The molecular weight excluding hydrogens is 233 g/mol. The van der Waals surface area contributed by atoms with Gasteiger partial charge >= 0.3 is 0 Å². The summed E-state index contributed by atoms with van der Waals surface area (Å²) in [5, 5.41) is 5.20. The maximum absolute atomic E-state index is 6.05. The molecule has 0 aliphatic heterocycles. The number of hydrogen-bond acceptors (Lipinski definition) is 2. The quantitative estimate of drug-likeness (QED) is 0.835. The zero-order chi connectivity index (χ0) is 11.0. The van der Waals surface area contributed by atoms with Gasteiger partial charge in [-0.1, -0.05) is 35.3 Å². The Kier molecular flexibility index (Phi) is 2.59. The molecule has 0 aliphatic carbocycles. The molecule has 3 nitrogen and oxygen atoms in total. The number of nitrogen functional groups attached to an aromatic ring is 1. The minimum absolute atomic E-state index is 0.337. The number of aromatic nitrogens is 2. The van der Waals surface area contributed by atoms with Gasteiger partial charge < -0.3 is 5.73 Å². The maximum Gasteiger partial charge on any atom is 0.164 e. The van der Waals surface area contributed by atoms with Gasteiger partial charge in [-0.3, -0.25) is 4.68 Å². The van der Waals surface area contributed by atoms with Gasteiger partial charge in [0.05, 0.1) is 5.69 Å². The Morgan fingerprint density at radius 1 is 1.20 bits per heavy atom. The lowest BCUT2D eigenvalue weighted by Gasteiger charge is -2.02. The highest BCUT2D eigenvalue weighted by Gasteiger charge is 2.13. The van der Waals surface area contributed by atoms with Crippen LogP contribution in [0.15, 0.2) is 24.3 Å². The van der Waals surface area contributed by atoms with Gasteiger partial charge in [0, 0.05) is 17.6 Å². The first kappa shape index (κ1) is 10.3. The van der Waals surface area contributed by atoms with Crippen LogP contribution in [0.1, 0.15) is 0 Å². The molecule has 1 aromatic heterocycles. The summed E-state index contributed by atoms with van der Waals surface area (Å²) < 4.78 is 1.65. The lowest BCUT2D eigenvalue weighted by atomic mass is 10.1. The molecule has 0 aliphatic rings. The fourth-order valence-electron chi connectivity index (χ4n) is 1.44. The first-order valence-corrected chi connectivity index (χ1v) is 5.09. The average Bonchev–Trinajstić information content (AvgIpc) is 2.44. The highest BCUT2D eigenvalue weighted by Crippen LogP contribution is 2.31. The van der Waals surface area contributed by atoms with Crippen molar-refractivity contribution >= 4 is 29.0 Å². The summed E-state index contributed by atoms with van der Waals surface area (Å²) >= 11 is 11.9. The molecule has 15 heavy (non-hydrogen) atoms. The molecule has 2 aromatic rings. The van der Waals surface area contributed by atoms with Gasteiger partial charge in [-0.05, 0) is 12.1 Å². The molecule has 0 spiro atoms. The molecule has 78 valence electrons. The Bertz CT molecular complexity index is 488. The third-order valence-corrected chi connectivity index (χ3v) is 2.76. The van der Waals surface area contributed by atoms with Crippen LogP contribution >= 0.6 is 23.2 Å². The largest absolute Gasteiger partial charge is 0.381 e. The molecule has 0 fully saturated rings. The van der Waals surface area contributed by atoms with Crippen LogP contribution in [0.4, 0.5) is 5.82 Å². The van der Waals surface area contributed by atoms with E-state index in [9.17, 15) is 0 Å². The molecule has 0 saturated carbocycles. The molecule has 0 unspecified atom stereocenters. The number of rotatable bonds is 1. The van der Waals surface area contributed by atoms with Crippen molar-refractivity contribution in [2.75, 3.05) is 5.73 Å². The lowest BCUT2D eigenvalue weighted by molar-refractivity contribution is 0.780. The molecule has 0 saturated heterocycles. The average molecular weight is 242 g/mol. The summed E-state index contributed by atoms with van der Waals surface area (Å²) in [4.78, 5) is 0. The van der Waals surface area contributed by atoms with Crippen LogP contribution in [-0.4, -0.2) is 9.78 Å². The van der Waals surface area contributed by atoms with E-state index in [1.54, 1.807) is 23.9 Å². The molecule has 1 heterocycles. The van der Waals surface area contributed by atoms with Crippen LogP contribution in [0.5, 0.6) is 0 Å². The number of anilines is 1. The van der Waals surface area contributed by atoms with E-state index in [4.69, 9.17) is 28.9 Å². The monoisotopic (exact) mass is 241 g/mol. The fraction of sp³-hybridized carbons (Fsp3) is 0.100. The molecule has 0 radical (unpaired) electrons. The highest BCUT2D eigenvalue weighted by molar-refractivity contribution is 6.35. The second kappa shape index (κ2) is 3.76. The van der Waals surface area contributed by atoms with Crippen LogP contribution < -0.4 is 5.73 Å². The highest BCUT2D eigenvalue weighted by atomic mass is 35.5. The third-order valence-electron chi connectivity index (χ3n) is 2.13. The summed E-state index contributed by atoms with van der Waals surface area (Å²) in [5.74, 6) is 0.337. The predicted molar refractivity (Wildman–Crippen MR) is 63.1 cm³/mol. The van der Waals surface area contributed by atoms with Gasteiger partial charge in [-0.25, -0.2) is 0 Å². The van der Waals surface area contributed by atoms with Gasteiger partial charge in [0.25, 0.3) is 0 Å². The predicted octanol–water partition coefficient (Wildman–Crippen LogP) is 2.98. The molecular formula is C10H9Cl2N3. The van der Waals surface area contributed by atoms with Crippen molar-refractivity contribution in [1.82, 2.24) is 9.78 Å². The van der Waals surface area contributed by atoms with Crippen LogP contribution in [-0.2, 0) is 7.05 Å². The van der Waals surface area contributed by atoms with Gasteiger partial charge in [0.15, 0.2) is 5.82 Å². The number of benzene rings is 1. The van der Waals surface area contributed by atoms with Gasteiger partial charge in [0.2, 0.25) is 0 Å². The van der Waals surface area contributed by atoms with Crippen LogP contribution in [0, 0.1) is 0 Å². The van der Waals surface area contributed by atoms with Crippen molar-refractivity contribution in [1.29, 1.82) is 0 Å². The Balaban J connectivity index is 2.58. The van der Waals surface area contributed by atoms with Gasteiger partial charge in [-0.15, -0.1) is 0 Å². The number of aryl methyl sites for hydroxylation is 1. The normalized spacial score (nSPS) is 10.6. The van der Waals surface area contributed by atoms with E-state index in [-0.39, 0.29) is 0 Å². The van der Waals surface area contributed by atoms with E-state index in [2.05, 4.69) is 5.10 Å². The number of nitrogens with zero attached hydrogens (tertiary/aromatic N) is 2. The lowest BCUT2D eigenvalue weighted by Crippen LogP contribution is -1.94. The van der Waals surface area contributed by atoms with E-state index in [0.29, 0.717) is 15.9 Å². The van der Waals surface area contributed by atoms with Crippen molar-refractivity contribution in [3.05, 3.63) is 34.3 Å². The van der Waals surface area contributed by atoms with E-state index in [0.717, 1.165) is 11.3 Å². The zero-order valence-electron chi connectivity index (χ0n) is 8.04. The molecule has 5 heteroatoms. The molecule has 1 aromatic carbocycles.